The summed E-state index contributed by atoms with van der Waals surface area (Å²) in [6, 6.07) is 3.89. The van der Waals surface area contributed by atoms with Gasteiger partial charge >= 0.3 is 6.18 Å². The summed E-state index contributed by atoms with van der Waals surface area (Å²) < 4.78 is 38.4. The number of halogens is 4. The van der Waals surface area contributed by atoms with E-state index in [4.69, 9.17) is 11.6 Å². The summed E-state index contributed by atoms with van der Waals surface area (Å²) in [5, 5.41) is -0.302. The second kappa shape index (κ2) is 5.52. The van der Waals surface area contributed by atoms with Gasteiger partial charge in [0.2, 0.25) is 5.91 Å². The second-order valence-electron chi connectivity index (χ2n) is 4.66. The van der Waals surface area contributed by atoms with Crippen LogP contribution in [0.3, 0.4) is 0 Å². The highest BCUT2D eigenvalue weighted by Gasteiger charge is 2.34. The molecule has 0 aliphatic carbocycles. The minimum absolute atomic E-state index is 0.0169. The Morgan fingerprint density at radius 2 is 1.80 bits per heavy atom. The number of carbonyl (C=O) groups is 1. The first kappa shape index (κ1) is 15.0. The molecule has 1 aromatic carbocycles. The third-order valence-corrected chi connectivity index (χ3v) is 3.68. The SMILES string of the molecule is CC(=O)N1CCN(c2ccc(Cl)c(C(F)(F)F)c2)CC1. The highest BCUT2D eigenvalue weighted by atomic mass is 35.5. The van der Waals surface area contributed by atoms with Crippen LogP contribution in [0, 0.1) is 0 Å². The van der Waals surface area contributed by atoms with Gasteiger partial charge in [-0.1, -0.05) is 11.6 Å². The molecule has 1 aliphatic rings. The van der Waals surface area contributed by atoms with Gasteiger partial charge in [-0.05, 0) is 18.2 Å². The number of amides is 1. The Morgan fingerprint density at radius 3 is 2.30 bits per heavy atom. The van der Waals surface area contributed by atoms with Crippen LogP contribution in [0.2, 0.25) is 5.02 Å². The molecule has 0 saturated carbocycles. The van der Waals surface area contributed by atoms with Crippen LogP contribution in [0.15, 0.2) is 18.2 Å². The van der Waals surface area contributed by atoms with Crippen LogP contribution < -0.4 is 4.90 Å². The number of benzene rings is 1. The highest BCUT2D eigenvalue weighted by molar-refractivity contribution is 6.31. The molecule has 1 fully saturated rings. The Bertz CT molecular complexity index is 511. The molecule has 2 rings (SSSR count). The van der Waals surface area contributed by atoms with E-state index in [2.05, 4.69) is 0 Å². The van der Waals surface area contributed by atoms with Crippen molar-refractivity contribution in [3.63, 3.8) is 0 Å². The van der Waals surface area contributed by atoms with E-state index in [1.54, 1.807) is 11.0 Å². The zero-order chi connectivity index (χ0) is 14.9. The van der Waals surface area contributed by atoms with Crippen LogP contribution in [0.4, 0.5) is 18.9 Å². The van der Waals surface area contributed by atoms with Gasteiger partial charge in [0.25, 0.3) is 0 Å². The summed E-state index contributed by atoms with van der Waals surface area (Å²) in [5.41, 5.74) is -0.351. The van der Waals surface area contributed by atoms with Gasteiger partial charge in [0.15, 0.2) is 0 Å². The van der Waals surface area contributed by atoms with Gasteiger partial charge in [-0.2, -0.15) is 13.2 Å². The van der Waals surface area contributed by atoms with E-state index >= 15 is 0 Å². The van der Waals surface area contributed by atoms with Crippen molar-refractivity contribution in [2.75, 3.05) is 31.1 Å². The lowest BCUT2D eigenvalue weighted by Gasteiger charge is -2.35. The van der Waals surface area contributed by atoms with Gasteiger partial charge in [0, 0.05) is 38.8 Å². The molecule has 0 spiro atoms. The highest BCUT2D eigenvalue weighted by Crippen LogP contribution is 2.37. The number of hydrogen-bond acceptors (Lipinski definition) is 2. The number of carbonyl (C=O) groups excluding carboxylic acids is 1. The van der Waals surface area contributed by atoms with Crippen molar-refractivity contribution >= 4 is 23.2 Å². The first-order chi connectivity index (χ1) is 9.29. The van der Waals surface area contributed by atoms with Crippen molar-refractivity contribution in [2.45, 2.75) is 13.1 Å². The van der Waals surface area contributed by atoms with Crippen molar-refractivity contribution in [2.24, 2.45) is 0 Å². The molecule has 1 aliphatic heterocycles. The number of alkyl halides is 3. The average Bonchev–Trinajstić information content (AvgIpc) is 2.38. The predicted molar refractivity (Wildman–Crippen MR) is 70.9 cm³/mol. The molecule has 3 nitrogen and oxygen atoms in total. The van der Waals surface area contributed by atoms with E-state index in [1.165, 1.54) is 13.0 Å². The number of rotatable bonds is 1. The quantitative estimate of drug-likeness (QED) is 0.796. The minimum atomic E-state index is -4.46. The Morgan fingerprint density at radius 1 is 1.20 bits per heavy atom. The Hall–Kier alpha value is -1.43. The fourth-order valence-electron chi connectivity index (χ4n) is 2.21. The van der Waals surface area contributed by atoms with Crippen molar-refractivity contribution in [1.82, 2.24) is 4.90 Å². The maximum Gasteiger partial charge on any atom is 0.417 e. The fourth-order valence-corrected chi connectivity index (χ4v) is 2.43. The molecule has 1 heterocycles. The summed E-state index contributed by atoms with van der Waals surface area (Å²) in [7, 11) is 0. The smallest absolute Gasteiger partial charge is 0.368 e. The molecule has 1 aromatic rings. The summed E-state index contributed by atoms with van der Waals surface area (Å²) in [5.74, 6) is -0.0169. The lowest BCUT2D eigenvalue weighted by molar-refractivity contribution is -0.137. The van der Waals surface area contributed by atoms with E-state index in [0.29, 0.717) is 31.9 Å². The monoisotopic (exact) mass is 306 g/mol. The molecular formula is C13H14ClF3N2O. The molecule has 0 N–H and O–H groups in total. The number of nitrogens with zero attached hydrogens (tertiary/aromatic N) is 2. The van der Waals surface area contributed by atoms with Gasteiger partial charge < -0.3 is 9.80 Å². The van der Waals surface area contributed by atoms with Crippen molar-refractivity contribution in [3.05, 3.63) is 28.8 Å². The molecule has 1 amide bonds. The van der Waals surface area contributed by atoms with Crippen molar-refractivity contribution < 1.29 is 18.0 Å². The first-order valence-electron chi connectivity index (χ1n) is 6.16. The van der Waals surface area contributed by atoms with Gasteiger partial charge in [-0.15, -0.1) is 0 Å². The van der Waals surface area contributed by atoms with E-state index in [9.17, 15) is 18.0 Å². The first-order valence-corrected chi connectivity index (χ1v) is 6.54. The lowest BCUT2D eigenvalue weighted by atomic mass is 10.1. The van der Waals surface area contributed by atoms with Crippen LogP contribution in [-0.2, 0) is 11.0 Å². The third-order valence-electron chi connectivity index (χ3n) is 3.35. The van der Waals surface area contributed by atoms with Gasteiger partial charge in [-0.3, -0.25) is 4.79 Å². The molecule has 7 heteroatoms. The van der Waals surface area contributed by atoms with E-state index in [0.717, 1.165) is 6.07 Å². The van der Waals surface area contributed by atoms with Crippen LogP contribution in [0.1, 0.15) is 12.5 Å². The third kappa shape index (κ3) is 3.17. The summed E-state index contributed by atoms with van der Waals surface area (Å²) >= 11 is 5.59. The standard InChI is InChI=1S/C13H14ClF3N2O/c1-9(20)18-4-6-19(7-5-18)10-2-3-12(14)11(8-10)13(15,16)17/h2-3,8H,4-7H2,1H3. The zero-order valence-electron chi connectivity index (χ0n) is 10.9. The topological polar surface area (TPSA) is 23.6 Å². The molecule has 0 aromatic heterocycles. The molecule has 110 valence electrons. The average molecular weight is 307 g/mol. The van der Waals surface area contributed by atoms with Crippen LogP contribution in [0.5, 0.6) is 0 Å². The van der Waals surface area contributed by atoms with Crippen molar-refractivity contribution in [3.8, 4) is 0 Å². The number of piperazine rings is 1. The molecular weight excluding hydrogens is 293 g/mol. The van der Waals surface area contributed by atoms with E-state index in [-0.39, 0.29) is 10.9 Å². The van der Waals surface area contributed by atoms with Crippen molar-refractivity contribution in [1.29, 1.82) is 0 Å². The molecule has 20 heavy (non-hydrogen) atoms. The molecule has 1 saturated heterocycles. The van der Waals surface area contributed by atoms with E-state index in [1.807, 2.05) is 4.90 Å². The zero-order valence-corrected chi connectivity index (χ0v) is 11.6. The maximum atomic E-state index is 12.8. The second-order valence-corrected chi connectivity index (χ2v) is 5.06. The Kier molecular flexibility index (Phi) is 4.13. The fraction of sp³-hybridized carbons (Fsp3) is 0.462. The summed E-state index contributed by atoms with van der Waals surface area (Å²) in [6.07, 6.45) is -4.46. The van der Waals surface area contributed by atoms with Gasteiger partial charge in [0.05, 0.1) is 10.6 Å². The molecule has 0 unspecified atom stereocenters. The normalized spacial score (nSPS) is 16.4. The predicted octanol–water partition coefficient (Wildman–Crippen LogP) is 3.03. The Labute approximate surface area is 119 Å². The minimum Gasteiger partial charge on any atom is -0.368 e. The van der Waals surface area contributed by atoms with Crippen LogP contribution in [0.25, 0.3) is 0 Å². The largest absolute Gasteiger partial charge is 0.417 e. The number of hydrogen-bond donors (Lipinski definition) is 0. The Balaban J connectivity index is 2.17. The summed E-state index contributed by atoms with van der Waals surface area (Å²) in [4.78, 5) is 14.7. The molecule has 0 radical (unpaired) electrons. The number of anilines is 1. The van der Waals surface area contributed by atoms with Gasteiger partial charge in [-0.25, -0.2) is 0 Å². The molecule has 0 bridgehead atoms. The van der Waals surface area contributed by atoms with Crippen LogP contribution in [-0.4, -0.2) is 37.0 Å². The lowest BCUT2D eigenvalue weighted by Crippen LogP contribution is -2.48. The summed E-state index contributed by atoms with van der Waals surface area (Å²) in [6.45, 7) is 3.54. The van der Waals surface area contributed by atoms with E-state index < -0.39 is 11.7 Å². The molecule has 0 atom stereocenters. The maximum absolute atomic E-state index is 12.8. The van der Waals surface area contributed by atoms with Crippen LogP contribution >= 0.6 is 11.6 Å². The van der Waals surface area contributed by atoms with Gasteiger partial charge in [0.1, 0.15) is 0 Å².